The Morgan fingerprint density at radius 3 is 2.30 bits per heavy atom. The number of amides is 1. The molecule has 2 aliphatic rings. The lowest BCUT2D eigenvalue weighted by atomic mass is 9.83. The third kappa shape index (κ3) is 6.54. The van der Waals surface area contributed by atoms with Crippen molar-refractivity contribution in [3.8, 4) is 11.3 Å². The van der Waals surface area contributed by atoms with Gasteiger partial charge < -0.3 is 35.2 Å². The first-order valence-electron chi connectivity index (χ1n) is 13.9. The molecule has 46 heavy (non-hydrogen) atoms. The van der Waals surface area contributed by atoms with Crippen LogP contribution in [0.2, 0.25) is 0 Å². The van der Waals surface area contributed by atoms with Gasteiger partial charge in [-0.3, -0.25) is 0 Å². The molecule has 2 saturated heterocycles. The number of aliphatic hydroxyl groups is 4. The second kappa shape index (κ2) is 13.0. The van der Waals surface area contributed by atoms with Crippen molar-refractivity contribution in [3.63, 3.8) is 0 Å². The Labute approximate surface area is 261 Å². The largest absolute Gasteiger partial charge is 0.465 e. The molecule has 6 atom stereocenters. The molecule has 18 heteroatoms. The van der Waals surface area contributed by atoms with Crippen LogP contribution < -0.4 is 0 Å². The summed E-state index contributed by atoms with van der Waals surface area (Å²) in [5, 5.41) is 59.7. The predicted molar refractivity (Wildman–Crippen MR) is 148 cm³/mol. The zero-order valence-electron chi connectivity index (χ0n) is 23.6. The molecule has 1 amide bonds. The summed E-state index contributed by atoms with van der Waals surface area (Å²) in [5.41, 5.74) is -5.33. The summed E-state index contributed by atoms with van der Waals surface area (Å²) in [4.78, 5) is 12.5. The number of halogens is 6. The molecular formula is C28H28F6N4O7S. The Balaban J connectivity index is 1.51. The predicted octanol–water partition coefficient (Wildman–Crippen LogP) is 3.34. The fraction of sp³-hybridized carbons (Fsp3) is 0.464. The molecule has 2 aromatic carbocycles. The molecule has 250 valence electrons. The molecule has 0 aliphatic carbocycles. The normalized spacial score (nSPS) is 25.8. The lowest BCUT2D eigenvalue weighted by Gasteiger charge is -2.47. The van der Waals surface area contributed by atoms with Crippen molar-refractivity contribution in [1.29, 1.82) is 0 Å². The molecule has 0 saturated carbocycles. The number of piperidine rings is 1. The SMILES string of the molecule is O=C(O)N1CCC(O)(C(S[C@@H]2O[C@H](CO)[C@H](O)[C@H](n3cc(-c4cc(F)c(F)c(F)c4)nn3)[C@H]2O)c2ccccc2C(F)(F)F)CC1. The zero-order chi connectivity index (χ0) is 33.6. The lowest BCUT2D eigenvalue weighted by molar-refractivity contribution is -0.179. The number of carboxylic acid groups (broad SMARTS) is 1. The number of benzene rings is 2. The van der Waals surface area contributed by atoms with Crippen LogP contribution in [0.1, 0.15) is 35.3 Å². The highest BCUT2D eigenvalue weighted by molar-refractivity contribution is 8.00. The molecular weight excluding hydrogens is 650 g/mol. The minimum Gasteiger partial charge on any atom is -0.465 e. The standard InChI is InChI=1S/C28H28F6N4O7S/c29-16-9-13(10-17(30)20(16)31)18-11-38(36-35-18)21-22(40)19(12-39)45-25(23(21)41)46-24(14-3-1-2-4-15(14)28(32,33)34)27(44)5-7-37(8-6-27)26(42)43/h1-4,9-11,19,21-25,39-41,44H,5-8,12H2,(H,42,43)/t19-,21+,22+,23-,24?,25+/m1/s1. The number of aliphatic hydroxyl groups excluding tert-OH is 3. The summed E-state index contributed by atoms with van der Waals surface area (Å²) in [5.74, 6) is -4.73. The average Bonchev–Trinajstić information content (AvgIpc) is 3.49. The van der Waals surface area contributed by atoms with Gasteiger partial charge in [0.15, 0.2) is 17.5 Å². The van der Waals surface area contributed by atoms with Gasteiger partial charge >= 0.3 is 12.3 Å². The van der Waals surface area contributed by atoms with E-state index in [-0.39, 0.29) is 42.8 Å². The van der Waals surface area contributed by atoms with Crippen LogP contribution >= 0.6 is 11.8 Å². The van der Waals surface area contributed by atoms with E-state index in [0.717, 1.165) is 34.0 Å². The first kappa shape index (κ1) is 33.9. The quantitative estimate of drug-likeness (QED) is 0.185. The monoisotopic (exact) mass is 678 g/mol. The molecule has 3 heterocycles. The summed E-state index contributed by atoms with van der Waals surface area (Å²) in [6.45, 7) is -1.21. The first-order valence-corrected chi connectivity index (χ1v) is 14.8. The van der Waals surface area contributed by atoms with Crippen LogP contribution in [0.5, 0.6) is 0 Å². The highest BCUT2D eigenvalue weighted by Gasteiger charge is 2.51. The second-order valence-electron chi connectivity index (χ2n) is 11.0. The summed E-state index contributed by atoms with van der Waals surface area (Å²) in [6.07, 6.45) is -10.5. The lowest BCUT2D eigenvalue weighted by Crippen LogP contribution is -2.56. The van der Waals surface area contributed by atoms with Gasteiger partial charge in [-0.2, -0.15) is 13.2 Å². The summed E-state index contributed by atoms with van der Waals surface area (Å²) in [7, 11) is 0. The summed E-state index contributed by atoms with van der Waals surface area (Å²) >= 11 is 0.588. The van der Waals surface area contributed by atoms with Crippen molar-refractivity contribution in [2.24, 2.45) is 0 Å². The maximum Gasteiger partial charge on any atom is 0.416 e. The smallest absolute Gasteiger partial charge is 0.416 e. The molecule has 5 rings (SSSR count). The molecule has 11 nitrogen and oxygen atoms in total. The number of hydrogen-bond acceptors (Lipinski definition) is 9. The highest BCUT2D eigenvalue weighted by atomic mass is 32.2. The molecule has 1 aromatic heterocycles. The zero-order valence-corrected chi connectivity index (χ0v) is 24.4. The van der Waals surface area contributed by atoms with Crippen molar-refractivity contribution >= 4 is 17.9 Å². The Morgan fingerprint density at radius 1 is 1.09 bits per heavy atom. The fourth-order valence-electron chi connectivity index (χ4n) is 5.71. The molecule has 0 spiro atoms. The number of nitrogens with zero attached hydrogens (tertiary/aromatic N) is 4. The van der Waals surface area contributed by atoms with E-state index in [4.69, 9.17) is 4.74 Å². The van der Waals surface area contributed by atoms with E-state index in [1.807, 2.05) is 0 Å². The summed E-state index contributed by atoms with van der Waals surface area (Å²) < 4.78 is 90.4. The van der Waals surface area contributed by atoms with Gasteiger partial charge in [-0.05, 0) is 36.6 Å². The average molecular weight is 679 g/mol. The van der Waals surface area contributed by atoms with Gasteiger partial charge in [0.2, 0.25) is 0 Å². The number of hydrogen-bond donors (Lipinski definition) is 5. The van der Waals surface area contributed by atoms with Crippen molar-refractivity contribution in [2.45, 2.75) is 59.7 Å². The second-order valence-corrected chi connectivity index (χ2v) is 12.2. The number of rotatable bonds is 7. The third-order valence-electron chi connectivity index (χ3n) is 8.15. The Bertz CT molecular complexity index is 1550. The number of carbonyl (C=O) groups is 1. The minimum absolute atomic E-state index is 0.190. The topological polar surface area (TPSA) is 161 Å². The van der Waals surface area contributed by atoms with Crippen LogP contribution in [0.4, 0.5) is 31.1 Å². The van der Waals surface area contributed by atoms with Gasteiger partial charge in [0.05, 0.1) is 29.2 Å². The fourth-order valence-corrected chi connectivity index (χ4v) is 7.34. The maximum atomic E-state index is 14.2. The van der Waals surface area contributed by atoms with Crippen LogP contribution in [0.25, 0.3) is 11.3 Å². The van der Waals surface area contributed by atoms with E-state index in [9.17, 15) is 56.7 Å². The Hall–Kier alpha value is -3.42. The van der Waals surface area contributed by atoms with Crippen LogP contribution in [0.15, 0.2) is 42.6 Å². The third-order valence-corrected chi connectivity index (χ3v) is 9.77. The number of thioether (sulfide) groups is 1. The summed E-state index contributed by atoms with van der Waals surface area (Å²) in [6, 6.07) is 4.27. The molecule has 0 bridgehead atoms. The van der Waals surface area contributed by atoms with Gasteiger partial charge in [0.1, 0.15) is 35.5 Å². The molecule has 3 aromatic rings. The highest BCUT2D eigenvalue weighted by Crippen LogP contribution is 2.51. The van der Waals surface area contributed by atoms with Crippen molar-refractivity contribution < 1.29 is 61.4 Å². The number of likely N-dealkylation sites (tertiary alicyclic amines) is 1. The van der Waals surface area contributed by atoms with Crippen LogP contribution in [-0.4, -0.2) is 101 Å². The maximum absolute atomic E-state index is 14.2. The van der Waals surface area contributed by atoms with Crippen molar-refractivity contribution in [2.75, 3.05) is 19.7 Å². The van der Waals surface area contributed by atoms with Crippen LogP contribution in [0, 0.1) is 17.5 Å². The number of ether oxygens (including phenoxy) is 1. The van der Waals surface area contributed by atoms with E-state index in [1.165, 1.54) is 6.07 Å². The van der Waals surface area contributed by atoms with Crippen molar-refractivity contribution in [1.82, 2.24) is 19.9 Å². The molecule has 2 aliphatic heterocycles. The van der Waals surface area contributed by atoms with E-state index >= 15 is 0 Å². The van der Waals surface area contributed by atoms with Gasteiger partial charge in [-0.1, -0.05) is 23.4 Å². The minimum atomic E-state index is -4.86. The Morgan fingerprint density at radius 2 is 1.72 bits per heavy atom. The molecule has 2 fully saturated rings. The van der Waals surface area contributed by atoms with Gasteiger partial charge in [-0.15, -0.1) is 16.9 Å². The van der Waals surface area contributed by atoms with Gasteiger partial charge in [0.25, 0.3) is 0 Å². The van der Waals surface area contributed by atoms with E-state index in [2.05, 4.69) is 10.3 Å². The molecule has 1 unspecified atom stereocenters. The van der Waals surface area contributed by atoms with Gasteiger partial charge in [0, 0.05) is 18.7 Å². The van der Waals surface area contributed by atoms with Gasteiger partial charge in [-0.25, -0.2) is 22.6 Å². The van der Waals surface area contributed by atoms with E-state index < -0.39 is 82.5 Å². The number of aromatic nitrogens is 3. The molecule has 0 radical (unpaired) electrons. The Kier molecular flexibility index (Phi) is 9.59. The number of alkyl halides is 3. The van der Waals surface area contributed by atoms with Crippen LogP contribution in [-0.2, 0) is 10.9 Å². The molecule has 5 N–H and O–H groups in total. The van der Waals surface area contributed by atoms with Crippen LogP contribution in [0.3, 0.4) is 0 Å². The van der Waals surface area contributed by atoms with E-state index in [0.29, 0.717) is 23.9 Å². The van der Waals surface area contributed by atoms with Crippen molar-refractivity contribution in [3.05, 3.63) is 71.2 Å². The van der Waals surface area contributed by atoms with E-state index in [1.54, 1.807) is 0 Å². The first-order chi connectivity index (χ1) is 21.6.